The molecule has 4 heteroatoms. The van der Waals surface area contributed by atoms with Crippen molar-refractivity contribution < 1.29 is 9.53 Å². The number of carbonyl (C=O) groups is 1. The van der Waals surface area contributed by atoms with Crippen molar-refractivity contribution in [2.24, 2.45) is 0 Å². The number of rotatable bonds is 4. The van der Waals surface area contributed by atoms with Crippen LogP contribution < -0.4 is 0 Å². The molecule has 0 spiro atoms. The molecule has 126 valence electrons. The van der Waals surface area contributed by atoms with Crippen LogP contribution in [0.1, 0.15) is 42.5 Å². The zero-order chi connectivity index (χ0) is 16.9. The summed E-state index contributed by atoms with van der Waals surface area (Å²) in [5, 5.41) is 0. The SMILES string of the molecule is CCN(C(=O)OCc1ccccc1)C1CCCc2ccc(Br)cc21. The number of hydrogen-bond acceptors (Lipinski definition) is 2. The van der Waals surface area contributed by atoms with E-state index < -0.39 is 0 Å². The molecule has 3 rings (SSSR count). The number of ether oxygens (including phenoxy) is 1. The second-order valence-electron chi connectivity index (χ2n) is 6.08. The molecule has 0 bridgehead atoms. The summed E-state index contributed by atoms with van der Waals surface area (Å²) in [7, 11) is 0. The lowest BCUT2D eigenvalue weighted by atomic mass is 9.87. The van der Waals surface area contributed by atoms with E-state index in [9.17, 15) is 4.79 Å². The highest BCUT2D eigenvalue weighted by molar-refractivity contribution is 9.10. The predicted molar refractivity (Wildman–Crippen MR) is 98.8 cm³/mol. The maximum Gasteiger partial charge on any atom is 0.410 e. The fourth-order valence-corrected chi connectivity index (χ4v) is 3.73. The van der Waals surface area contributed by atoms with Gasteiger partial charge in [-0.2, -0.15) is 0 Å². The number of halogens is 1. The summed E-state index contributed by atoms with van der Waals surface area (Å²) >= 11 is 3.55. The maximum atomic E-state index is 12.6. The molecule has 0 saturated heterocycles. The highest BCUT2D eigenvalue weighted by Gasteiger charge is 2.29. The highest BCUT2D eigenvalue weighted by atomic mass is 79.9. The Kier molecular flexibility index (Phi) is 5.56. The van der Waals surface area contributed by atoms with E-state index in [-0.39, 0.29) is 12.1 Å². The quantitative estimate of drug-likeness (QED) is 0.694. The number of benzene rings is 2. The van der Waals surface area contributed by atoms with E-state index in [0.29, 0.717) is 13.2 Å². The van der Waals surface area contributed by atoms with Crippen molar-refractivity contribution in [3.05, 3.63) is 69.7 Å². The smallest absolute Gasteiger partial charge is 0.410 e. The van der Waals surface area contributed by atoms with Gasteiger partial charge in [0.25, 0.3) is 0 Å². The van der Waals surface area contributed by atoms with Gasteiger partial charge in [-0.3, -0.25) is 0 Å². The van der Waals surface area contributed by atoms with Crippen molar-refractivity contribution in [1.82, 2.24) is 4.90 Å². The molecule has 24 heavy (non-hydrogen) atoms. The monoisotopic (exact) mass is 387 g/mol. The summed E-state index contributed by atoms with van der Waals surface area (Å²) in [5.74, 6) is 0. The third-order valence-electron chi connectivity index (χ3n) is 4.55. The van der Waals surface area contributed by atoms with Crippen molar-refractivity contribution in [2.45, 2.75) is 38.8 Å². The van der Waals surface area contributed by atoms with Gasteiger partial charge in [-0.15, -0.1) is 0 Å². The van der Waals surface area contributed by atoms with Crippen LogP contribution in [0.2, 0.25) is 0 Å². The highest BCUT2D eigenvalue weighted by Crippen LogP contribution is 2.36. The van der Waals surface area contributed by atoms with E-state index in [2.05, 4.69) is 34.1 Å². The van der Waals surface area contributed by atoms with Crippen LogP contribution in [0.25, 0.3) is 0 Å². The molecule has 0 heterocycles. The standard InChI is InChI=1S/C20H22BrNO2/c1-2-22(20(23)24-14-15-7-4-3-5-8-15)19-10-6-9-16-11-12-17(21)13-18(16)19/h3-5,7-8,11-13,19H,2,6,9-10,14H2,1H3. The fourth-order valence-electron chi connectivity index (χ4n) is 3.35. The van der Waals surface area contributed by atoms with Crippen LogP contribution in [-0.2, 0) is 17.8 Å². The molecule has 0 saturated carbocycles. The van der Waals surface area contributed by atoms with Gasteiger partial charge < -0.3 is 9.64 Å². The Bertz CT molecular complexity index is 702. The van der Waals surface area contributed by atoms with Crippen molar-refractivity contribution in [2.75, 3.05) is 6.54 Å². The van der Waals surface area contributed by atoms with Gasteiger partial charge in [-0.25, -0.2) is 4.79 Å². The molecule has 0 aliphatic heterocycles. The van der Waals surface area contributed by atoms with Crippen molar-refractivity contribution in [3.63, 3.8) is 0 Å². The summed E-state index contributed by atoms with van der Waals surface area (Å²) in [4.78, 5) is 14.5. The van der Waals surface area contributed by atoms with Crippen LogP contribution in [0.3, 0.4) is 0 Å². The Morgan fingerprint density at radius 1 is 1.25 bits per heavy atom. The van der Waals surface area contributed by atoms with E-state index in [1.54, 1.807) is 0 Å². The average Bonchev–Trinajstić information content (AvgIpc) is 2.62. The van der Waals surface area contributed by atoms with Gasteiger partial charge in [0.2, 0.25) is 0 Å². The number of amides is 1. The molecule has 3 nitrogen and oxygen atoms in total. The lowest BCUT2D eigenvalue weighted by Gasteiger charge is -2.34. The summed E-state index contributed by atoms with van der Waals surface area (Å²) < 4.78 is 6.61. The van der Waals surface area contributed by atoms with E-state index >= 15 is 0 Å². The zero-order valence-electron chi connectivity index (χ0n) is 13.9. The number of nitrogens with zero attached hydrogens (tertiary/aromatic N) is 1. The van der Waals surface area contributed by atoms with E-state index in [4.69, 9.17) is 4.74 Å². The first-order valence-corrected chi connectivity index (χ1v) is 9.24. The van der Waals surface area contributed by atoms with Gasteiger partial charge in [0.05, 0.1) is 6.04 Å². The van der Waals surface area contributed by atoms with Gasteiger partial charge in [-0.1, -0.05) is 52.3 Å². The minimum Gasteiger partial charge on any atom is -0.445 e. The molecule has 1 atom stereocenters. The van der Waals surface area contributed by atoms with Crippen LogP contribution in [0.5, 0.6) is 0 Å². The molecular weight excluding hydrogens is 366 g/mol. The van der Waals surface area contributed by atoms with Crippen LogP contribution in [0.4, 0.5) is 4.79 Å². The van der Waals surface area contributed by atoms with Crippen LogP contribution in [0.15, 0.2) is 53.0 Å². The molecule has 0 fully saturated rings. The second kappa shape index (κ2) is 7.84. The third kappa shape index (κ3) is 3.81. The second-order valence-corrected chi connectivity index (χ2v) is 6.99. The topological polar surface area (TPSA) is 29.5 Å². The normalized spacial score (nSPS) is 16.3. The number of carbonyl (C=O) groups excluding carboxylic acids is 1. The lowest BCUT2D eigenvalue weighted by Crippen LogP contribution is -2.36. The first kappa shape index (κ1) is 17.0. The van der Waals surface area contributed by atoms with Gasteiger partial charge in [0, 0.05) is 11.0 Å². The lowest BCUT2D eigenvalue weighted by molar-refractivity contribution is 0.0787. The van der Waals surface area contributed by atoms with Gasteiger partial charge >= 0.3 is 6.09 Å². The summed E-state index contributed by atoms with van der Waals surface area (Å²) in [6.45, 7) is 2.97. The van der Waals surface area contributed by atoms with Gasteiger partial charge in [0.1, 0.15) is 6.61 Å². The summed E-state index contributed by atoms with van der Waals surface area (Å²) in [5.41, 5.74) is 3.59. The molecule has 1 aliphatic rings. The van der Waals surface area contributed by atoms with Gasteiger partial charge in [-0.05, 0) is 55.0 Å². The van der Waals surface area contributed by atoms with E-state index in [1.165, 1.54) is 11.1 Å². The van der Waals surface area contributed by atoms with Crippen LogP contribution in [0, 0.1) is 0 Å². The Morgan fingerprint density at radius 3 is 2.79 bits per heavy atom. The molecule has 0 N–H and O–H groups in total. The largest absolute Gasteiger partial charge is 0.445 e. The van der Waals surface area contributed by atoms with Crippen LogP contribution >= 0.6 is 15.9 Å². The molecular formula is C20H22BrNO2. The molecule has 2 aromatic rings. The van der Waals surface area contributed by atoms with Crippen molar-refractivity contribution in [3.8, 4) is 0 Å². The number of hydrogen-bond donors (Lipinski definition) is 0. The molecule has 0 aromatic heterocycles. The van der Waals surface area contributed by atoms with E-state index in [0.717, 1.165) is 29.3 Å². The molecule has 2 aromatic carbocycles. The Balaban J connectivity index is 1.74. The molecule has 0 radical (unpaired) electrons. The number of aryl methyl sites for hydroxylation is 1. The van der Waals surface area contributed by atoms with E-state index in [1.807, 2.05) is 42.2 Å². The Labute approximate surface area is 151 Å². The summed E-state index contributed by atoms with van der Waals surface area (Å²) in [6.07, 6.45) is 2.93. The Hall–Kier alpha value is -1.81. The summed E-state index contributed by atoms with van der Waals surface area (Å²) in [6, 6.07) is 16.3. The van der Waals surface area contributed by atoms with Crippen LogP contribution in [-0.4, -0.2) is 17.5 Å². The fraction of sp³-hybridized carbons (Fsp3) is 0.350. The minimum atomic E-state index is -0.237. The first-order valence-electron chi connectivity index (χ1n) is 8.44. The Morgan fingerprint density at radius 2 is 2.04 bits per heavy atom. The molecule has 1 amide bonds. The average molecular weight is 388 g/mol. The minimum absolute atomic E-state index is 0.0968. The first-order chi connectivity index (χ1) is 11.7. The molecule has 1 unspecified atom stereocenters. The van der Waals surface area contributed by atoms with Crippen molar-refractivity contribution in [1.29, 1.82) is 0 Å². The predicted octanol–water partition coefficient (Wildman–Crippen LogP) is 5.49. The third-order valence-corrected chi connectivity index (χ3v) is 5.04. The van der Waals surface area contributed by atoms with Gasteiger partial charge in [0.15, 0.2) is 0 Å². The zero-order valence-corrected chi connectivity index (χ0v) is 15.5. The maximum absolute atomic E-state index is 12.6. The number of fused-ring (bicyclic) bond motifs is 1. The van der Waals surface area contributed by atoms with Crippen molar-refractivity contribution >= 4 is 22.0 Å². The molecule has 1 aliphatic carbocycles.